The highest BCUT2D eigenvalue weighted by Gasteiger charge is 2.36. The van der Waals surface area contributed by atoms with Gasteiger partial charge in [0.05, 0.1) is 16.1 Å². The van der Waals surface area contributed by atoms with Crippen LogP contribution < -0.4 is 0 Å². The lowest BCUT2D eigenvalue weighted by Crippen LogP contribution is -2.11. The summed E-state index contributed by atoms with van der Waals surface area (Å²) in [5.41, 5.74) is -1.49. The topological polar surface area (TPSA) is 23.8 Å². The molecule has 1 nitrogen and oxygen atoms in total. The fourth-order valence-electron chi connectivity index (χ4n) is 1.16. The Morgan fingerprint density at radius 1 is 1.40 bits per heavy atom. The van der Waals surface area contributed by atoms with E-state index in [9.17, 15) is 13.2 Å². The van der Waals surface area contributed by atoms with E-state index in [-0.39, 0.29) is 15.9 Å². The molecule has 1 rings (SSSR count). The lowest BCUT2D eigenvalue weighted by molar-refractivity contribution is -0.138. The first kappa shape index (κ1) is 12.3. The predicted molar refractivity (Wildman–Crippen MR) is 53.8 cm³/mol. The summed E-state index contributed by atoms with van der Waals surface area (Å²) >= 11 is 8.46. The molecule has 0 heterocycles. The average Bonchev–Trinajstić information content (AvgIpc) is 2.15. The zero-order valence-corrected chi connectivity index (χ0v) is 9.54. The van der Waals surface area contributed by atoms with Crippen LogP contribution >= 0.6 is 27.5 Å². The minimum atomic E-state index is -4.57. The maximum absolute atomic E-state index is 12.6. The highest BCUT2D eigenvalue weighted by molar-refractivity contribution is 9.08. The molecular weight excluding hydrogens is 294 g/mol. The molecule has 0 aliphatic heterocycles. The summed E-state index contributed by atoms with van der Waals surface area (Å²) in [5.74, 6) is 0. The van der Waals surface area contributed by atoms with Crippen LogP contribution in [0, 0.1) is 11.3 Å². The summed E-state index contributed by atoms with van der Waals surface area (Å²) in [4.78, 5) is 0. The summed E-state index contributed by atoms with van der Waals surface area (Å²) in [7, 11) is 0. The molecule has 0 unspecified atom stereocenters. The van der Waals surface area contributed by atoms with Crippen molar-refractivity contribution in [3.05, 3.63) is 33.8 Å². The summed E-state index contributed by atoms with van der Waals surface area (Å²) in [6.07, 6.45) is -4.57. The van der Waals surface area contributed by atoms with Gasteiger partial charge in [0.15, 0.2) is 0 Å². The monoisotopic (exact) mass is 297 g/mol. The van der Waals surface area contributed by atoms with Crippen molar-refractivity contribution in [1.29, 1.82) is 5.26 Å². The van der Waals surface area contributed by atoms with Crippen molar-refractivity contribution in [1.82, 2.24) is 0 Å². The van der Waals surface area contributed by atoms with Crippen molar-refractivity contribution in [2.75, 3.05) is 0 Å². The average molecular weight is 298 g/mol. The predicted octanol–water partition coefficient (Wildman–Crippen LogP) is 4.13. The largest absolute Gasteiger partial charge is 0.418 e. The molecule has 0 amide bonds. The molecule has 0 aromatic heterocycles. The fourth-order valence-corrected chi connectivity index (χ4v) is 1.83. The lowest BCUT2D eigenvalue weighted by atomic mass is 10.0. The highest BCUT2D eigenvalue weighted by atomic mass is 79.9. The second-order valence-corrected chi connectivity index (χ2v) is 3.67. The van der Waals surface area contributed by atoms with Gasteiger partial charge in [-0.1, -0.05) is 33.6 Å². The van der Waals surface area contributed by atoms with E-state index in [1.807, 2.05) is 0 Å². The van der Waals surface area contributed by atoms with Crippen LogP contribution in [0.2, 0.25) is 5.02 Å². The second kappa shape index (κ2) is 4.42. The molecule has 0 aliphatic rings. The van der Waals surface area contributed by atoms with Crippen molar-refractivity contribution in [3.63, 3.8) is 0 Å². The van der Waals surface area contributed by atoms with Crippen molar-refractivity contribution in [2.45, 2.75) is 11.5 Å². The maximum atomic E-state index is 12.6. The van der Waals surface area contributed by atoms with Crippen molar-refractivity contribution >= 4 is 27.5 Å². The Morgan fingerprint density at radius 3 is 2.40 bits per heavy atom. The number of alkyl halides is 4. The smallest absolute Gasteiger partial charge is 0.192 e. The summed E-state index contributed by atoms with van der Waals surface area (Å²) < 4.78 is 37.9. The van der Waals surface area contributed by atoms with E-state index in [2.05, 4.69) is 15.9 Å². The molecule has 6 heteroatoms. The Hall–Kier alpha value is -0.730. The van der Waals surface area contributed by atoms with E-state index in [0.717, 1.165) is 0 Å². The number of benzene rings is 1. The zero-order chi connectivity index (χ0) is 11.6. The number of hydrogen-bond donors (Lipinski definition) is 0. The van der Waals surface area contributed by atoms with Gasteiger partial charge >= 0.3 is 6.18 Å². The molecule has 1 aromatic rings. The van der Waals surface area contributed by atoms with Crippen LogP contribution in [-0.2, 0) is 11.5 Å². The van der Waals surface area contributed by atoms with Gasteiger partial charge in [0.1, 0.15) is 6.07 Å². The molecule has 0 N–H and O–H groups in total. The Morgan fingerprint density at radius 2 is 2.00 bits per heavy atom. The number of nitriles is 1. The van der Waals surface area contributed by atoms with Gasteiger partial charge in [-0.25, -0.2) is 0 Å². The lowest BCUT2D eigenvalue weighted by Gasteiger charge is -2.13. The Labute approximate surface area is 97.6 Å². The molecule has 80 valence electrons. The Balaban J connectivity index is 3.57. The summed E-state index contributed by atoms with van der Waals surface area (Å²) in [5, 5.41) is 8.47. The SMILES string of the molecule is N#Cc1c(Cl)ccc(CBr)c1C(F)(F)F. The maximum Gasteiger partial charge on any atom is 0.418 e. The van der Waals surface area contributed by atoms with E-state index >= 15 is 0 Å². The third-order valence-electron chi connectivity index (χ3n) is 1.78. The van der Waals surface area contributed by atoms with Crippen molar-refractivity contribution < 1.29 is 13.2 Å². The first-order valence-electron chi connectivity index (χ1n) is 3.76. The molecule has 0 fully saturated rings. The first-order chi connectivity index (χ1) is 6.91. The molecule has 0 spiro atoms. The highest BCUT2D eigenvalue weighted by Crippen LogP contribution is 2.37. The molecule has 0 saturated heterocycles. The standard InChI is InChI=1S/C9H4BrClF3N/c10-3-5-1-2-7(11)6(4-15)8(5)9(12,13)14/h1-2H,3H2. The van der Waals surface area contributed by atoms with Crippen LogP contribution in [0.15, 0.2) is 12.1 Å². The van der Waals surface area contributed by atoms with Gasteiger partial charge in [0, 0.05) is 5.33 Å². The van der Waals surface area contributed by atoms with Gasteiger partial charge in [0.25, 0.3) is 0 Å². The van der Waals surface area contributed by atoms with E-state index in [1.54, 1.807) is 0 Å². The van der Waals surface area contributed by atoms with E-state index in [1.165, 1.54) is 18.2 Å². The molecule has 0 aliphatic carbocycles. The van der Waals surface area contributed by atoms with E-state index < -0.39 is 17.3 Å². The third kappa shape index (κ3) is 2.44. The van der Waals surface area contributed by atoms with Gasteiger partial charge in [-0.15, -0.1) is 0 Å². The van der Waals surface area contributed by atoms with Gasteiger partial charge in [-0.2, -0.15) is 18.4 Å². The third-order valence-corrected chi connectivity index (χ3v) is 2.70. The summed E-state index contributed by atoms with van der Waals surface area (Å²) in [6.45, 7) is 0. The quantitative estimate of drug-likeness (QED) is 0.715. The minimum Gasteiger partial charge on any atom is -0.192 e. The summed E-state index contributed by atoms with van der Waals surface area (Å²) in [6, 6.07) is 4.01. The van der Waals surface area contributed by atoms with Crippen molar-refractivity contribution in [3.8, 4) is 6.07 Å². The first-order valence-corrected chi connectivity index (χ1v) is 5.26. The van der Waals surface area contributed by atoms with E-state index in [4.69, 9.17) is 16.9 Å². The van der Waals surface area contributed by atoms with Gasteiger partial charge < -0.3 is 0 Å². The molecule has 1 aromatic carbocycles. The van der Waals surface area contributed by atoms with Crippen LogP contribution in [0.5, 0.6) is 0 Å². The fraction of sp³-hybridized carbons (Fsp3) is 0.222. The Kier molecular flexibility index (Phi) is 3.63. The second-order valence-electron chi connectivity index (χ2n) is 2.70. The number of halogens is 5. The zero-order valence-electron chi connectivity index (χ0n) is 7.20. The van der Waals surface area contributed by atoms with Crippen molar-refractivity contribution in [2.24, 2.45) is 0 Å². The van der Waals surface area contributed by atoms with Crippen LogP contribution in [0.3, 0.4) is 0 Å². The Bertz CT molecular complexity index is 423. The molecule has 0 radical (unpaired) electrons. The van der Waals surface area contributed by atoms with Gasteiger partial charge in [-0.05, 0) is 11.6 Å². The molecule has 0 saturated carbocycles. The number of hydrogen-bond acceptors (Lipinski definition) is 1. The normalized spacial score (nSPS) is 11.2. The van der Waals surface area contributed by atoms with Crippen LogP contribution in [0.1, 0.15) is 16.7 Å². The number of nitrogens with zero attached hydrogens (tertiary/aromatic N) is 1. The molecule has 15 heavy (non-hydrogen) atoms. The van der Waals surface area contributed by atoms with Gasteiger partial charge in [-0.3, -0.25) is 0 Å². The van der Waals surface area contributed by atoms with E-state index in [0.29, 0.717) is 0 Å². The number of rotatable bonds is 1. The molecule has 0 bridgehead atoms. The van der Waals surface area contributed by atoms with Crippen LogP contribution in [-0.4, -0.2) is 0 Å². The molecule has 0 atom stereocenters. The molecular formula is C9H4BrClF3N. The minimum absolute atomic E-state index is 0.00319. The van der Waals surface area contributed by atoms with Crippen LogP contribution in [0.25, 0.3) is 0 Å². The van der Waals surface area contributed by atoms with Gasteiger partial charge in [0.2, 0.25) is 0 Å². The van der Waals surface area contributed by atoms with Crippen LogP contribution in [0.4, 0.5) is 13.2 Å².